The first kappa shape index (κ1) is 21.5. The lowest BCUT2D eigenvalue weighted by Gasteiger charge is -2.25. The van der Waals surface area contributed by atoms with E-state index in [1.165, 1.54) is 5.56 Å². The van der Waals surface area contributed by atoms with Crippen molar-refractivity contribution in [1.82, 2.24) is 0 Å². The molecular formula is C21H28IN3O2. The van der Waals surface area contributed by atoms with Gasteiger partial charge in [0.05, 0.1) is 18.8 Å². The lowest BCUT2D eigenvalue weighted by Crippen LogP contribution is -2.25. The molecule has 3 N–H and O–H groups in total. The number of hydrogen-bond acceptors (Lipinski definition) is 3. The van der Waals surface area contributed by atoms with Crippen molar-refractivity contribution in [3.05, 3.63) is 60.2 Å². The van der Waals surface area contributed by atoms with Crippen molar-refractivity contribution >= 4 is 35.6 Å². The van der Waals surface area contributed by atoms with Gasteiger partial charge < -0.3 is 20.5 Å². The van der Waals surface area contributed by atoms with Gasteiger partial charge in [-0.3, -0.25) is 0 Å². The molecule has 0 bridgehead atoms. The molecular weight excluding hydrogens is 453 g/mol. The Labute approximate surface area is 178 Å². The molecule has 0 saturated carbocycles. The third-order valence-electron chi connectivity index (χ3n) is 4.75. The zero-order valence-electron chi connectivity index (χ0n) is 15.6. The number of aliphatic imine (C=N–C) groups is 1. The van der Waals surface area contributed by atoms with E-state index in [0.29, 0.717) is 11.9 Å². The first-order valence-electron chi connectivity index (χ1n) is 9.12. The van der Waals surface area contributed by atoms with Crippen LogP contribution in [-0.4, -0.2) is 26.3 Å². The predicted octanol–water partition coefficient (Wildman–Crippen LogP) is 4.60. The Bertz CT molecular complexity index is 718. The third-order valence-corrected chi connectivity index (χ3v) is 4.75. The summed E-state index contributed by atoms with van der Waals surface area (Å²) in [6, 6.07) is 18.1. The molecule has 1 unspecified atom stereocenters. The van der Waals surface area contributed by atoms with Crippen LogP contribution < -0.4 is 15.8 Å². The Balaban J connectivity index is 0.00000261. The molecule has 0 aromatic heterocycles. The maximum absolute atomic E-state index is 6.23. The maximum atomic E-state index is 6.23. The molecule has 1 atom stereocenters. The molecule has 3 rings (SSSR count). The molecule has 0 spiro atoms. The van der Waals surface area contributed by atoms with Gasteiger partial charge in [-0.15, -0.1) is 24.0 Å². The number of nitrogens with two attached hydrogens (primary N) is 1. The summed E-state index contributed by atoms with van der Waals surface area (Å²) in [4.78, 5) is 4.80. The minimum Gasteiger partial charge on any atom is -0.495 e. The van der Waals surface area contributed by atoms with Crippen LogP contribution >= 0.6 is 24.0 Å². The Morgan fingerprint density at radius 3 is 2.52 bits per heavy atom. The molecule has 1 heterocycles. The first-order valence-corrected chi connectivity index (χ1v) is 9.12. The number of ether oxygens (including phenoxy) is 2. The number of rotatable bonds is 6. The van der Waals surface area contributed by atoms with Crippen LogP contribution in [0.4, 0.5) is 5.69 Å². The lowest BCUT2D eigenvalue weighted by atomic mass is 9.90. The van der Waals surface area contributed by atoms with Gasteiger partial charge in [0.1, 0.15) is 5.75 Å². The van der Waals surface area contributed by atoms with Crippen LogP contribution in [-0.2, 0) is 4.74 Å². The van der Waals surface area contributed by atoms with E-state index >= 15 is 0 Å². The molecule has 1 fully saturated rings. The number of methoxy groups -OCH3 is 1. The minimum atomic E-state index is 0. The number of hydrogen-bond donors (Lipinski definition) is 2. The first-order chi connectivity index (χ1) is 12.8. The van der Waals surface area contributed by atoms with Crippen molar-refractivity contribution in [3.63, 3.8) is 0 Å². The normalized spacial score (nSPS) is 16.3. The molecule has 2 aromatic carbocycles. The van der Waals surface area contributed by atoms with Crippen LogP contribution in [0.1, 0.15) is 30.9 Å². The van der Waals surface area contributed by atoms with E-state index in [0.717, 1.165) is 43.9 Å². The van der Waals surface area contributed by atoms with Gasteiger partial charge in [0.25, 0.3) is 0 Å². The number of guanidine groups is 1. The molecule has 0 amide bonds. The van der Waals surface area contributed by atoms with Crippen LogP contribution in [0.5, 0.6) is 5.75 Å². The second-order valence-electron chi connectivity index (χ2n) is 6.56. The summed E-state index contributed by atoms with van der Waals surface area (Å²) in [6.45, 7) is 1.68. The Morgan fingerprint density at radius 2 is 1.81 bits per heavy atom. The Kier molecular flexibility index (Phi) is 8.87. The van der Waals surface area contributed by atoms with E-state index in [4.69, 9.17) is 20.2 Å². The second kappa shape index (κ2) is 11.1. The highest BCUT2D eigenvalue weighted by atomic mass is 127. The molecule has 6 heteroatoms. The number of halogens is 1. The number of benzene rings is 2. The van der Waals surface area contributed by atoms with Gasteiger partial charge >= 0.3 is 0 Å². The average Bonchev–Trinajstić information content (AvgIpc) is 2.69. The van der Waals surface area contributed by atoms with Crippen LogP contribution in [0.3, 0.4) is 0 Å². The van der Waals surface area contributed by atoms with Crippen LogP contribution in [0.15, 0.2) is 59.6 Å². The van der Waals surface area contributed by atoms with Crippen molar-refractivity contribution in [1.29, 1.82) is 0 Å². The highest BCUT2D eigenvalue weighted by molar-refractivity contribution is 14.0. The van der Waals surface area contributed by atoms with Gasteiger partial charge in [-0.25, -0.2) is 4.99 Å². The molecule has 27 heavy (non-hydrogen) atoms. The fourth-order valence-corrected chi connectivity index (χ4v) is 3.32. The van der Waals surface area contributed by atoms with Crippen molar-refractivity contribution in [3.8, 4) is 5.75 Å². The summed E-state index contributed by atoms with van der Waals surface area (Å²) < 4.78 is 10.9. The smallest absolute Gasteiger partial charge is 0.193 e. The second-order valence-corrected chi connectivity index (χ2v) is 6.56. The summed E-state index contributed by atoms with van der Waals surface area (Å²) in [5, 5.41) is 3.18. The quantitative estimate of drug-likeness (QED) is 0.360. The SMILES string of the molecule is COc1ccccc1NC(N)=NC(CC1CCOCC1)c1ccccc1.I. The van der Waals surface area contributed by atoms with E-state index in [2.05, 4.69) is 17.4 Å². The van der Waals surface area contributed by atoms with Crippen LogP contribution in [0.2, 0.25) is 0 Å². The van der Waals surface area contributed by atoms with Crippen molar-refractivity contribution in [2.45, 2.75) is 25.3 Å². The van der Waals surface area contributed by atoms with Crippen molar-refractivity contribution in [2.75, 3.05) is 25.6 Å². The van der Waals surface area contributed by atoms with Crippen molar-refractivity contribution in [2.24, 2.45) is 16.6 Å². The molecule has 1 saturated heterocycles. The largest absolute Gasteiger partial charge is 0.495 e. The van der Waals surface area contributed by atoms with Crippen LogP contribution in [0, 0.1) is 5.92 Å². The van der Waals surface area contributed by atoms with Gasteiger partial charge in [0.15, 0.2) is 5.96 Å². The fraction of sp³-hybridized carbons (Fsp3) is 0.381. The predicted molar refractivity (Wildman–Crippen MR) is 121 cm³/mol. The monoisotopic (exact) mass is 481 g/mol. The maximum Gasteiger partial charge on any atom is 0.193 e. The number of anilines is 1. The van der Waals surface area contributed by atoms with E-state index < -0.39 is 0 Å². The number of nitrogens with zero attached hydrogens (tertiary/aromatic N) is 1. The van der Waals surface area contributed by atoms with Crippen LogP contribution in [0.25, 0.3) is 0 Å². The highest BCUT2D eigenvalue weighted by Crippen LogP contribution is 2.30. The van der Waals surface area contributed by atoms with Gasteiger partial charge in [0, 0.05) is 13.2 Å². The number of para-hydroxylation sites is 2. The molecule has 2 aromatic rings. The standard InChI is InChI=1S/C21H27N3O2.HI/c1-25-20-10-6-5-9-18(20)23-21(22)24-19(17-7-3-2-4-8-17)15-16-11-13-26-14-12-16;/h2-10,16,19H,11-15H2,1H3,(H3,22,23,24);1H. The topological polar surface area (TPSA) is 68.9 Å². The average molecular weight is 481 g/mol. The summed E-state index contributed by atoms with van der Waals surface area (Å²) in [6.07, 6.45) is 3.14. The van der Waals surface area contributed by atoms with E-state index in [9.17, 15) is 0 Å². The minimum absolute atomic E-state index is 0. The summed E-state index contributed by atoms with van der Waals surface area (Å²) >= 11 is 0. The fourth-order valence-electron chi connectivity index (χ4n) is 3.32. The molecule has 0 radical (unpaired) electrons. The Hall–Kier alpha value is -1.80. The molecule has 1 aliphatic rings. The Morgan fingerprint density at radius 1 is 1.15 bits per heavy atom. The molecule has 0 aliphatic carbocycles. The van der Waals surface area contributed by atoms with Gasteiger partial charge in [0.2, 0.25) is 0 Å². The summed E-state index contributed by atoms with van der Waals surface area (Å²) in [7, 11) is 1.64. The molecule has 5 nitrogen and oxygen atoms in total. The molecule has 1 aliphatic heterocycles. The van der Waals surface area contributed by atoms with E-state index in [1.54, 1.807) is 7.11 Å². The van der Waals surface area contributed by atoms with E-state index in [1.807, 2.05) is 42.5 Å². The van der Waals surface area contributed by atoms with Gasteiger partial charge in [-0.1, -0.05) is 42.5 Å². The summed E-state index contributed by atoms with van der Waals surface area (Å²) in [5.74, 6) is 1.75. The van der Waals surface area contributed by atoms with Crippen molar-refractivity contribution < 1.29 is 9.47 Å². The lowest BCUT2D eigenvalue weighted by molar-refractivity contribution is 0.0619. The zero-order valence-corrected chi connectivity index (χ0v) is 18.0. The van der Waals surface area contributed by atoms with E-state index in [-0.39, 0.29) is 30.0 Å². The van der Waals surface area contributed by atoms with Gasteiger partial charge in [-0.05, 0) is 42.9 Å². The third kappa shape index (κ3) is 6.39. The summed E-state index contributed by atoms with van der Waals surface area (Å²) in [5.41, 5.74) is 8.23. The number of nitrogens with one attached hydrogen (secondary N) is 1. The molecule has 146 valence electrons. The van der Waals surface area contributed by atoms with Gasteiger partial charge in [-0.2, -0.15) is 0 Å². The highest BCUT2D eigenvalue weighted by Gasteiger charge is 2.20. The zero-order chi connectivity index (χ0) is 18.2.